The molecule has 1 aromatic heterocycles. The number of carboxylic acid groups (broad SMARTS) is 1. The second-order valence-corrected chi connectivity index (χ2v) is 5.52. The molecule has 1 aromatic rings. The lowest BCUT2D eigenvalue weighted by Crippen LogP contribution is -2.44. The molecule has 2 N–H and O–H groups in total. The van der Waals surface area contributed by atoms with Crippen LogP contribution in [0.5, 0.6) is 0 Å². The number of aromatic carboxylic acids is 1. The zero-order valence-electron chi connectivity index (χ0n) is 11.8. The summed E-state index contributed by atoms with van der Waals surface area (Å²) in [6.07, 6.45) is 4.44. The lowest BCUT2D eigenvalue weighted by Gasteiger charge is -2.29. The maximum atomic E-state index is 12.3. The molecule has 114 valence electrons. The molecule has 7 heteroatoms. The number of rotatable bonds is 4. The van der Waals surface area contributed by atoms with Crippen molar-refractivity contribution in [2.75, 3.05) is 18.4 Å². The summed E-state index contributed by atoms with van der Waals surface area (Å²) in [7, 11) is 0. The van der Waals surface area contributed by atoms with E-state index >= 15 is 0 Å². The Morgan fingerprint density at radius 2 is 2.05 bits per heavy atom. The second-order valence-electron chi connectivity index (χ2n) is 5.11. The van der Waals surface area contributed by atoms with E-state index in [1.807, 2.05) is 4.90 Å². The first kappa shape index (κ1) is 15.6. The van der Waals surface area contributed by atoms with Crippen molar-refractivity contribution in [3.63, 3.8) is 0 Å². The normalized spacial score (nSPS) is 16.4. The second kappa shape index (κ2) is 6.76. The molecule has 1 saturated heterocycles. The number of halogens is 1. The number of carboxylic acids is 1. The van der Waals surface area contributed by atoms with Gasteiger partial charge in [-0.25, -0.2) is 9.78 Å². The number of nitrogens with zero attached hydrogens (tertiary/aromatic N) is 2. The van der Waals surface area contributed by atoms with E-state index in [0.717, 1.165) is 32.4 Å². The first-order chi connectivity index (χ1) is 9.99. The van der Waals surface area contributed by atoms with Gasteiger partial charge in [0, 0.05) is 19.3 Å². The van der Waals surface area contributed by atoms with Gasteiger partial charge < -0.3 is 15.3 Å². The summed E-state index contributed by atoms with van der Waals surface area (Å²) in [6.45, 7) is 3.31. The molecule has 2 heterocycles. The SMILES string of the molecule is CC(Nc1ncc(C(=O)O)cc1Cl)C(=O)N1CCCCC1. The number of amides is 1. The Hall–Kier alpha value is -1.82. The molecule has 1 aliphatic heterocycles. The summed E-state index contributed by atoms with van der Waals surface area (Å²) < 4.78 is 0. The Kier molecular flexibility index (Phi) is 5.01. The summed E-state index contributed by atoms with van der Waals surface area (Å²) in [6, 6.07) is 0.862. The van der Waals surface area contributed by atoms with Crippen molar-refractivity contribution in [3.05, 3.63) is 22.8 Å². The molecule has 0 radical (unpaired) electrons. The maximum absolute atomic E-state index is 12.3. The molecule has 0 spiro atoms. The van der Waals surface area contributed by atoms with Crippen LogP contribution in [0.4, 0.5) is 5.82 Å². The van der Waals surface area contributed by atoms with Crippen LogP contribution in [0.15, 0.2) is 12.3 Å². The summed E-state index contributed by atoms with van der Waals surface area (Å²) in [4.78, 5) is 28.9. The van der Waals surface area contributed by atoms with Crippen LogP contribution in [-0.2, 0) is 4.79 Å². The molecule has 2 rings (SSSR count). The first-order valence-electron chi connectivity index (χ1n) is 6.93. The fraction of sp³-hybridized carbons (Fsp3) is 0.500. The van der Waals surface area contributed by atoms with Crippen molar-refractivity contribution >= 4 is 29.3 Å². The number of hydrogen-bond acceptors (Lipinski definition) is 4. The lowest BCUT2D eigenvalue weighted by atomic mass is 10.1. The number of pyridine rings is 1. The molecule has 0 bridgehead atoms. The van der Waals surface area contributed by atoms with E-state index < -0.39 is 12.0 Å². The predicted octanol–water partition coefficient (Wildman–Crippen LogP) is 2.25. The highest BCUT2D eigenvalue weighted by Crippen LogP contribution is 2.21. The topological polar surface area (TPSA) is 82.5 Å². The molecular formula is C14H18ClN3O3. The van der Waals surface area contributed by atoms with Gasteiger partial charge in [0.05, 0.1) is 10.6 Å². The number of carbonyl (C=O) groups is 2. The molecule has 1 fully saturated rings. The smallest absolute Gasteiger partial charge is 0.337 e. The third kappa shape index (κ3) is 3.85. The van der Waals surface area contributed by atoms with Gasteiger partial charge in [0.2, 0.25) is 5.91 Å². The van der Waals surface area contributed by atoms with Gasteiger partial charge in [0.1, 0.15) is 11.9 Å². The molecule has 0 aliphatic carbocycles. The minimum absolute atomic E-state index is 0.00915. The summed E-state index contributed by atoms with van der Waals surface area (Å²) in [5.41, 5.74) is 0.0144. The lowest BCUT2D eigenvalue weighted by molar-refractivity contribution is -0.132. The van der Waals surface area contributed by atoms with Gasteiger partial charge in [-0.15, -0.1) is 0 Å². The van der Waals surface area contributed by atoms with E-state index in [9.17, 15) is 9.59 Å². The van der Waals surface area contributed by atoms with Crippen molar-refractivity contribution in [1.29, 1.82) is 0 Å². The summed E-state index contributed by atoms with van der Waals surface area (Å²) in [5.74, 6) is -0.761. The highest BCUT2D eigenvalue weighted by molar-refractivity contribution is 6.33. The minimum atomic E-state index is -1.09. The van der Waals surface area contributed by atoms with Crippen molar-refractivity contribution in [2.45, 2.75) is 32.2 Å². The van der Waals surface area contributed by atoms with Gasteiger partial charge in [-0.05, 0) is 32.3 Å². The third-order valence-corrected chi connectivity index (χ3v) is 3.77. The van der Waals surface area contributed by atoms with Crippen LogP contribution >= 0.6 is 11.6 Å². The molecule has 1 amide bonds. The summed E-state index contributed by atoms with van der Waals surface area (Å²) >= 11 is 5.99. The zero-order valence-corrected chi connectivity index (χ0v) is 12.6. The number of piperidine rings is 1. The standard InChI is InChI=1S/C14H18ClN3O3/c1-9(13(19)18-5-3-2-4-6-18)17-12-11(15)7-10(8-16-12)14(20)21/h7-9H,2-6H2,1H3,(H,16,17)(H,20,21). The van der Waals surface area contributed by atoms with Crippen LogP contribution < -0.4 is 5.32 Å². The van der Waals surface area contributed by atoms with Gasteiger partial charge in [0.25, 0.3) is 0 Å². The Morgan fingerprint density at radius 3 is 2.62 bits per heavy atom. The molecule has 1 atom stereocenters. The molecular weight excluding hydrogens is 294 g/mol. The molecule has 0 aromatic carbocycles. The van der Waals surface area contributed by atoms with Crippen molar-refractivity contribution in [3.8, 4) is 0 Å². The Bertz CT molecular complexity index is 544. The van der Waals surface area contributed by atoms with Crippen LogP contribution in [0.2, 0.25) is 5.02 Å². The molecule has 6 nitrogen and oxygen atoms in total. The Morgan fingerprint density at radius 1 is 1.38 bits per heavy atom. The van der Waals surface area contributed by atoms with Crippen molar-refractivity contribution in [2.24, 2.45) is 0 Å². The number of anilines is 1. The van der Waals surface area contributed by atoms with E-state index in [-0.39, 0.29) is 16.5 Å². The average Bonchev–Trinajstić information content (AvgIpc) is 2.49. The van der Waals surface area contributed by atoms with Gasteiger partial charge in [-0.3, -0.25) is 4.79 Å². The molecule has 0 saturated carbocycles. The average molecular weight is 312 g/mol. The van der Waals surface area contributed by atoms with Crippen LogP contribution in [0.25, 0.3) is 0 Å². The quantitative estimate of drug-likeness (QED) is 0.891. The Balaban J connectivity index is 2.03. The largest absolute Gasteiger partial charge is 0.478 e. The number of carbonyl (C=O) groups excluding carboxylic acids is 1. The summed E-state index contributed by atoms with van der Waals surface area (Å²) in [5, 5.41) is 12.0. The highest BCUT2D eigenvalue weighted by Gasteiger charge is 2.23. The van der Waals surface area contributed by atoms with E-state index in [2.05, 4.69) is 10.3 Å². The van der Waals surface area contributed by atoms with Gasteiger partial charge in [-0.1, -0.05) is 11.6 Å². The maximum Gasteiger partial charge on any atom is 0.337 e. The minimum Gasteiger partial charge on any atom is -0.478 e. The molecule has 1 unspecified atom stereocenters. The van der Waals surface area contributed by atoms with Crippen molar-refractivity contribution < 1.29 is 14.7 Å². The van der Waals surface area contributed by atoms with Gasteiger partial charge >= 0.3 is 5.97 Å². The van der Waals surface area contributed by atoms with Crippen LogP contribution in [0.1, 0.15) is 36.5 Å². The number of aromatic nitrogens is 1. The third-order valence-electron chi connectivity index (χ3n) is 3.48. The van der Waals surface area contributed by atoms with Gasteiger partial charge in [0.15, 0.2) is 0 Å². The number of hydrogen-bond donors (Lipinski definition) is 2. The van der Waals surface area contributed by atoms with Crippen LogP contribution in [0.3, 0.4) is 0 Å². The molecule has 21 heavy (non-hydrogen) atoms. The van der Waals surface area contributed by atoms with E-state index in [0.29, 0.717) is 5.82 Å². The van der Waals surface area contributed by atoms with Crippen molar-refractivity contribution in [1.82, 2.24) is 9.88 Å². The first-order valence-corrected chi connectivity index (χ1v) is 7.31. The van der Waals surface area contributed by atoms with Crippen LogP contribution in [0, 0.1) is 0 Å². The zero-order chi connectivity index (χ0) is 15.4. The number of nitrogens with one attached hydrogen (secondary N) is 1. The van der Waals surface area contributed by atoms with Gasteiger partial charge in [-0.2, -0.15) is 0 Å². The fourth-order valence-electron chi connectivity index (χ4n) is 2.32. The monoisotopic (exact) mass is 311 g/mol. The van der Waals surface area contributed by atoms with E-state index in [1.165, 1.54) is 12.3 Å². The predicted molar refractivity (Wildman–Crippen MR) is 79.7 cm³/mol. The van der Waals surface area contributed by atoms with E-state index in [1.54, 1.807) is 6.92 Å². The highest BCUT2D eigenvalue weighted by atomic mass is 35.5. The molecule has 1 aliphatic rings. The number of likely N-dealkylation sites (tertiary alicyclic amines) is 1. The fourth-order valence-corrected chi connectivity index (χ4v) is 2.54. The Labute approximate surface area is 128 Å². The van der Waals surface area contributed by atoms with E-state index in [4.69, 9.17) is 16.7 Å². The van der Waals surface area contributed by atoms with Crippen LogP contribution in [-0.4, -0.2) is 46.0 Å².